The number of morpholine rings is 1. The summed E-state index contributed by atoms with van der Waals surface area (Å²) in [6, 6.07) is 18.2. The second-order valence-corrected chi connectivity index (χ2v) is 10.3. The van der Waals surface area contributed by atoms with Crippen molar-refractivity contribution >= 4 is 33.0 Å². The molecule has 0 unspecified atom stereocenters. The molecule has 4 rings (SSSR count). The molecule has 156 valence electrons. The van der Waals surface area contributed by atoms with Crippen LogP contribution in [0, 0.1) is 6.92 Å². The summed E-state index contributed by atoms with van der Waals surface area (Å²) in [6.07, 6.45) is 0. The number of ether oxygens (including phenoxy) is 1. The molecule has 8 heteroatoms. The van der Waals surface area contributed by atoms with Gasteiger partial charge in [-0.3, -0.25) is 4.79 Å². The number of anilines is 1. The lowest BCUT2D eigenvalue weighted by Gasteiger charge is -2.25. The molecule has 0 atom stereocenters. The zero-order valence-electron chi connectivity index (χ0n) is 16.5. The predicted octanol–water partition coefficient (Wildman–Crippen LogP) is 4.00. The molecule has 1 fully saturated rings. The van der Waals surface area contributed by atoms with E-state index in [1.807, 2.05) is 37.3 Å². The van der Waals surface area contributed by atoms with E-state index in [1.54, 1.807) is 30.3 Å². The Morgan fingerprint density at radius 1 is 1.03 bits per heavy atom. The second-order valence-electron chi connectivity index (χ2n) is 7.04. The Hall–Kier alpha value is -2.52. The third-order valence-corrected chi connectivity index (χ3v) is 8.33. The van der Waals surface area contributed by atoms with Gasteiger partial charge >= 0.3 is 0 Å². The van der Waals surface area contributed by atoms with Gasteiger partial charge in [-0.2, -0.15) is 4.31 Å². The Morgan fingerprint density at radius 3 is 2.57 bits per heavy atom. The number of nitrogens with one attached hydrogen (secondary N) is 1. The summed E-state index contributed by atoms with van der Waals surface area (Å²) in [7, 11) is -3.53. The van der Waals surface area contributed by atoms with Gasteiger partial charge in [0.1, 0.15) is 4.21 Å². The zero-order valence-corrected chi connectivity index (χ0v) is 18.1. The smallest absolute Gasteiger partial charge is 0.255 e. The fourth-order valence-corrected chi connectivity index (χ4v) is 6.13. The first-order valence-corrected chi connectivity index (χ1v) is 11.9. The minimum Gasteiger partial charge on any atom is -0.379 e. The molecule has 0 bridgehead atoms. The molecule has 0 radical (unpaired) electrons. The molecular formula is C22H22N2O4S2. The molecule has 3 aromatic rings. The van der Waals surface area contributed by atoms with Gasteiger partial charge in [0, 0.05) is 29.2 Å². The van der Waals surface area contributed by atoms with Crippen LogP contribution in [-0.4, -0.2) is 44.9 Å². The van der Waals surface area contributed by atoms with Gasteiger partial charge in [-0.05, 0) is 54.4 Å². The number of carbonyl (C=O) groups is 1. The third kappa shape index (κ3) is 4.46. The highest BCUT2D eigenvalue weighted by Gasteiger charge is 2.27. The van der Waals surface area contributed by atoms with Crippen molar-refractivity contribution in [2.45, 2.75) is 11.1 Å². The molecule has 1 aliphatic heterocycles. The first kappa shape index (κ1) is 20.7. The maximum atomic E-state index is 12.9. The Labute approximate surface area is 180 Å². The second kappa shape index (κ2) is 8.69. The van der Waals surface area contributed by atoms with Gasteiger partial charge in [-0.25, -0.2) is 8.42 Å². The van der Waals surface area contributed by atoms with E-state index >= 15 is 0 Å². The monoisotopic (exact) mass is 442 g/mol. The average Bonchev–Trinajstić information content (AvgIpc) is 3.26. The summed E-state index contributed by atoms with van der Waals surface area (Å²) in [4.78, 5) is 13.5. The van der Waals surface area contributed by atoms with Crippen LogP contribution in [0.4, 0.5) is 5.69 Å². The molecule has 2 heterocycles. The minimum atomic E-state index is -3.53. The Bertz CT molecular complexity index is 1170. The van der Waals surface area contributed by atoms with Crippen LogP contribution in [0.2, 0.25) is 0 Å². The number of carbonyl (C=O) groups excluding carboxylic acids is 1. The number of aryl methyl sites for hydroxylation is 1. The quantitative estimate of drug-likeness (QED) is 0.648. The molecule has 2 aromatic carbocycles. The van der Waals surface area contributed by atoms with Crippen LogP contribution in [0.15, 0.2) is 64.9 Å². The van der Waals surface area contributed by atoms with E-state index < -0.39 is 10.0 Å². The van der Waals surface area contributed by atoms with E-state index in [0.717, 1.165) is 21.7 Å². The summed E-state index contributed by atoms with van der Waals surface area (Å²) < 4.78 is 32.7. The number of hydrogen-bond donors (Lipinski definition) is 1. The van der Waals surface area contributed by atoms with E-state index in [1.165, 1.54) is 15.6 Å². The Morgan fingerprint density at radius 2 is 1.80 bits per heavy atom. The molecule has 0 aliphatic carbocycles. The minimum absolute atomic E-state index is 0.208. The molecule has 1 amide bonds. The molecule has 1 aliphatic rings. The summed E-state index contributed by atoms with van der Waals surface area (Å²) in [5.74, 6) is -0.208. The molecular weight excluding hydrogens is 420 g/mol. The molecule has 6 nitrogen and oxygen atoms in total. The van der Waals surface area contributed by atoms with Gasteiger partial charge in [-0.1, -0.05) is 24.3 Å². The Balaban J connectivity index is 1.55. The van der Waals surface area contributed by atoms with Crippen molar-refractivity contribution in [2.24, 2.45) is 0 Å². The van der Waals surface area contributed by atoms with Crippen LogP contribution in [0.25, 0.3) is 10.4 Å². The fraction of sp³-hybridized carbons (Fsp3) is 0.227. The number of amides is 1. The van der Waals surface area contributed by atoms with Gasteiger partial charge in [0.05, 0.1) is 13.2 Å². The summed E-state index contributed by atoms with van der Waals surface area (Å²) >= 11 is 1.21. The van der Waals surface area contributed by atoms with Crippen LogP contribution in [0.1, 0.15) is 15.9 Å². The molecule has 1 N–H and O–H groups in total. The lowest BCUT2D eigenvalue weighted by Crippen LogP contribution is -2.40. The van der Waals surface area contributed by atoms with E-state index in [0.29, 0.717) is 36.1 Å². The maximum Gasteiger partial charge on any atom is 0.255 e. The van der Waals surface area contributed by atoms with Crippen molar-refractivity contribution in [1.82, 2.24) is 4.31 Å². The largest absolute Gasteiger partial charge is 0.379 e. The van der Waals surface area contributed by atoms with E-state index in [9.17, 15) is 13.2 Å². The first-order valence-electron chi connectivity index (χ1n) is 9.60. The molecule has 0 saturated carbocycles. The van der Waals surface area contributed by atoms with Crippen molar-refractivity contribution in [1.29, 1.82) is 0 Å². The number of nitrogens with zero attached hydrogens (tertiary/aromatic N) is 1. The van der Waals surface area contributed by atoms with Gasteiger partial charge in [0.25, 0.3) is 15.9 Å². The molecule has 30 heavy (non-hydrogen) atoms. The highest BCUT2D eigenvalue weighted by atomic mass is 32.2. The standard InChI is InChI=1S/C22H22N2O4S2/c1-16-4-2-7-19(14-16)23-22(25)18-6-3-5-17(15-18)20-8-9-21(29-20)30(26,27)24-10-12-28-13-11-24/h2-9,14-15H,10-13H2,1H3,(H,23,25). The maximum absolute atomic E-state index is 12.9. The van der Waals surface area contributed by atoms with Gasteiger partial charge < -0.3 is 10.1 Å². The zero-order chi connectivity index (χ0) is 21.1. The summed E-state index contributed by atoms with van der Waals surface area (Å²) in [6.45, 7) is 3.52. The van der Waals surface area contributed by atoms with Gasteiger partial charge in [0.15, 0.2) is 0 Å². The van der Waals surface area contributed by atoms with Crippen molar-refractivity contribution in [3.05, 3.63) is 71.8 Å². The van der Waals surface area contributed by atoms with Gasteiger partial charge in [0.2, 0.25) is 0 Å². The average molecular weight is 443 g/mol. The number of sulfonamides is 1. The molecule has 1 saturated heterocycles. The topological polar surface area (TPSA) is 75.7 Å². The fourth-order valence-electron chi connectivity index (χ4n) is 3.27. The first-order chi connectivity index (χ1) is 14.4. The van der Waals surface area contributed by atoms with Crippen molar-refractivity contribution in [3.8, 4) is 10.4 Å². The third-order valence-electron chi connectivity index (χ3n) is 4.83. The van der Waals surface area contributed by atoms with Crippen molar-refractivity contribution in [2.75, 3.05) is 31.6 Å². The van der Waals surface area contributed by atoms with Crippen LogP contribution in [0.5, 0.6) is 0 Å². The van der Waals surface area contributed by atoms with Crippen molar-refractivity contribution < 1.29 is 17.9 Å². The number of benzene rings is 2. The van der Waals surface area contributed by atoms with Crippen LogP contribution < -0.4 is 5.32 Å². The lowest BCUT2D eigenvalue weighted by atomic mass is 10.1. The molecule has 0 spiro atoms. The van der Waals surface area contributed by atoms with Crippen LogP contribution in [0.3, 0.4) is 0 Å². The SMILES string of the molecule is Cc1cccc(NC(=O)c2cccc(-c3ccc(S(=O)(=O)N4CCOCC4)s3)c2)c1. The Kier molecular flexibility index (Phi) is 6.01. The highest BCUT2D eigenvalue weighted by Crippen LogP contribution is 2.33. The summed E-state index contributed by atoms with van der Waals surface area (Å²) in [5, 5.41) is 2.90. The normalized spacial score (nSPS) is 15.1. The number of hydrogen-bond acceptors (Lipinski definition) is 5. The molecule has 1 aromatic heterocycles. The van der Waals surface area contributed by atoms with Crippen LogP contribution >= 0.6 is 11.3 Å². The predicted molar refractivity (Wildman–Crippen MR) is 118 cm³/mol. The van der Waals surface area contributed by atoms with Gasteiger partial charge in [-0.15, -0.1) is 11.3 Å². The summed E-state index contributed by atoms with van der Waals surface area (Å²) in [5.41, 5.74) is 3.12. The van der Waals surface area contributed by atoms with E-state index in [4.69, 9.17) is 4.74 Å². The van der Waals surface area contributed by atoms with E-state index in [-0.39, 0.29) is 5.91 Å². The number of thiophene rings is 1. The number of rotatable bonds is 5. The van der Waals surface area contributed by atoms with Crippen molar-refractivity contribution in [3.63, 3.8) is 0 Å². The lowest BCUT2D eigenvalue weighted by molar-refractivity contribution is 0.0731. The van der Waals surface area contributed by atoms with E-state index in [2.05, 4.69) is 5.32 Å². The highest BCUT2D eigenvalue weighted by molar-refractivity contribution is 7.91. The van der Waals surface area contributed by atoms with Crippen LogP contribution in [-0.2, 0) is 14.8 Å².